The summed E-state index contributed by atoms with van der Waals surface area (Å²) >= 11 is 0. The van der Waals surface area contributed by atoms with E-state index in [1.807, 2.05) is 0 Å². The maximum Gasteiger partial charge on any atom is 0.134 e. The Balaban J connectivity index is 0.964. The second-order valence-electron chi connectivity index (χ2n) is 19.6. The molecule has 77 heavy (non-hydrogen) atoms. The molecule has 0 radical (unpaired) electrons. The Morgan fingerprint density at radius 2 is 0.519 bits per heavy atom. The van der Waals surface area contributed by atoms with Crippen molar-refractivity contribution in [1.82, 2.24) is 0 Å². The van der Waals surface area contributed by atoms with Crippen LogP contribution in [0.4, 0.5) is 34.1 Å². The van der Waals surface area contributed by atoms with Crippen LogP contribution in [0.5, 0.6) is 23.0 Å². The molecule has 0 saturated carbocycles. The first kappa shape index (κ1) is 45.5. The van der Waals surface area contributed by atoms with E-state index in [1.165, 1.54) is 11.1 Å². The first-order valence-corrected chi connectivity index (χ1v) is 26.2. The minimum atomic E-state index is -0.854. The van der Waals surface area contributed by atoms with Gasteiger partial charge in [0.2, 0.25) is 0 Å². The maximum absolute atomic E-state index is 7.21. The zero-order valence-corrected chi connectivity index (χ0v) is 42.1. The smallest absolute Gasteiger partial charge is 0.134 e. The van der Waals surface area contributed by atoms with Crippen LogP contribution in [0.15, 0.2) is 303 Å². The fraction of sp³-hybridized carbons (Fsp3) is 0.0137. The summed E-state index contributed by atoms with van der Waals surface area (Å²) in [7, 11) is 0. The fourth-order valence-electron chi connectivity index (χ4n) is 11.6. The van der Waals surface area contributed by atoms with E-state index in [2.05, 4.69) is 313 Å². The summed E-state index contributed by atoms with van der Waals surface area (Å²) in [5.74, 6) is 3.15. The highest BCUT2D eigenvalue weighted by molar-refractivity contribution is 5.87. The Morgan fingerprint density at radius 3 is 1.00 bits per heavy atom. The Kier molecular flexibility index (Phi) is 11.4. The Labute approximate surface area is 449 Å². The van der Waals surface area contributed by atoms with Crippen LogP contribution in [0.25, 0.3) is 44.5 Å². The van der Waals surface area contributed by atoms with Gasteiger partial charge in [0.05, 0.1) is 5.41 Å². The van der Waals surface area contributed by atoms with Crippen LogP contribution in [-0.2, 0) is 5.41 Å². The number of para-hydroxylation sites is 2. The number of fused-ring (bicyclic) bond motifs is 8. The molecule has 12 aromatic rings. The van der Waals surface area contributed by atoms with Crippen molar-refractivity contribution in [3.8, 4) is 67.5 Å². The SMILES string of the molecule is c1ccc(-c2ccc(N(c3cccc(-c4ccccc4)c3)c3ccc4c(c3)Oc3ccccc3C43c4ccccc4Oc4ccc(N(c5ccc(-c6ccccc6)cc5)c5cccc(-c6ccccc6)c5)cc43)cc2)cc1. The minimum Gasteiger partial charge on any atom is -0.457 e. The van der Waals surface area contributed by atoms with Crippen molar-refractivity contribution in [3.63, 3.8) is 0 Å². The lowest BCUT2D eigenvalue weighted by Gasteiger charge is -2.45. The van der Waals surface area contributed by atoms with Gasteiger partial charge in [-0.2, -0.15) is 0 Å². The summed E-state index contributed by atoms with van der Waals surface area (Å²) in [6, 6.07) is 108. The monoisotopic (exact) mass is 986 g/mol. The molecule has 2 aliphatic rings. The van der Waals surface area contributed by atoms with Gasteiger partial charge >= 0.3 is 0 Å². The number of anilines is 6. The van der Waals surface area contributed by atoms with E-state index in [4.69, 9.17) is 9.47 Å². The van der Waals surface area contributed by atoms with Crippen molar-refractivity contribution in [1.29, 1.82) is 0 Å². The van der Waals surface area contributed by atoms with Crippen LogP contribution in [0, 0.1) is 0 Å². The Morgan fingerprint density at radius 1 is 0.195 bits per heavy atom. The van der Waals surface area contributed by atoms with E-state index in [9.17, 15) is 0 Å². The molecular formula is C73H50N2O2. The second kappa shape index (κ2) is 19.3. The van der Waals surface area contributed by atoms with E-state index in [0.29, 0.717) is 0 Å². The topological polar surface area (TPSA) is 24.9 Å². The molecule has 1 unspecified atom stereocenters. The van der Waals surface area contributed by atoms with Gasteiger partial charge in [-0.25, -0.2) is 0 Å². The van der Waals surface area contributed by atoms with Crippen molar-refractivity contribution in [2.45, 2.75) is 5.41 Å². The number of hydrogen-bond donors (Lipinski definition) is 0. The third-order valence-electron chi connectivity index (χ3n) is 15.2. The van der Waals surface area contributed by atoms with Gasteiger partial charge in [-0.05, 0) is 129 Å². The average molecular weight is 987 g/mol. The largest absolute Gasteiger partial charge is 0.457 e. The van der Waals surface area contributed by atoms with Gasteiger partial charge in [-0.3, -0.25) is 0 Å². The predicted molar refractivity (Wildman–Crippen MR) is 316 cm³/mol. The molecular weight excluding hydrogens is 937 g/mol. The highest BCUT2D eigenvalue weighted by Gasteiger charge is 2.51. The quantitative estimate of drug-likeness (QED) is 0.136. The van der Waals surface area contributed by atoms with Gasteiger partial charge in [0.25, 0.3) is 0 Å². The molecule has 4 heteroatoms. The molecule has 0 N–H and O–H groups in total. The van der Waals surface area contributed by atoms with Crippen LogP contribution in [0.3, 0.4) is 0 Å². The lowest BCUT2D eigenvalue weighted by atomic mass is 9.62. The molecule has 1 spiro atoms. The Hall–Kier alpha value is -10.2. The van der Waals surface area contributed by atoms with Gasteiger partial charge in [0, 0.05) is 62.4 Å². The zero-order valence-electron chi connectivity index (χ0n) is 42.1. The summed E-state index contributed by atoms with van der Waals surface area (Å²) in [5, 5.41) is 0. The van der Waals surface area contributed by atoms with E-state index < -0.39 is 5.41 Å². The molecule has 0 bridgehead atoms. The molecule has 2 heterocycles. The second-order valence-corrected chi connectivity index (χ2v) is 19.6. The zero-order chi connectivity index (χ0) is 51.1. The lowest BCUT2D eigenvalue weighted by Crippen LogP contribution is -2.37. The van der Waals surface area contributed by atoms with Crippen LogP contribution in [0.1, 0.15) is 22.3 Å². The number of hydrogen-bond acceptors (Lipinski definition) is 4. The summed E-state index contributed by atoms with van der Waals surface area (Å²) in [6.07, 6.45) is 0. The lowest BCUT2D eigenvalue weighted by molar-refractivity contribution is 0.399. The van der Waals surface area contributed by atoms with Crippen molar-refractivity contribution in [3.05, 3.63) is 326 Å². The molecule has 12 aromatic carbocycles. The highest BCUT2D eigenvalue weighted by atomic mass is 16.5. The molecule has 0 amide bonds. The molecule has 364 valence electrons. The highest BCUT2D eigenvalue weighted by Crippen LogP contribution is 2.62. The Bertz CT molecular complexity index is 4070. The molecule has 0 fully saturated rings. The van der Waals surface area contributed by atoms with E-state index >= 15 is 0 Å². The minimum absolute atomic E-state index is 0.767. The van der Waals surface area contributed by atoms with Crippen LogP contribution >= 0.6 is 0 Å². The van der Waals surface area contributed by atoms with Crippen molar-refractivity contribution < 1.29 is 9.47 Å². The summed E-state index contributed by atoms with van der Waals surface area (Å²) < 4.78 is 14.2. The third kappa shape index (κ3) is 8.12. The van der Waals surface area contributed by atoms with E-state index in [-0.39, 0.29) is 0 Å². The van der Waals surface area contributed by atoms with Crippen LogP contribution < -0.4 is 19.3 Å². The average Bonchev–Trinajstić information content (AvgIpc) is 3.65. The number of rotatable bonds is 10. The van der Waals surface area contributed by atoms with Crippen molar-refractivity contribution in [2.75, 3.05) is 9.80 Å². The number of ether oxygens (including phenoxy) is 2. The molecule has 4 nitrogen and oxygen atoms in total. The summed E-state index contributed by atoms with van der Waals surface area (Å²) in [5.41, 5.74) is 18.6. The van der Waals surface area contributed by atoms with E-state index in [1.54, 1.807) is 0 Å². The van der Waals surface area contributed by atoms with Gasteiger partial charge in [0.1, 0.15) is 23.0 Å². The first-order valence-electron chi connectivity index (χ1n) is 26.2. The summed E-state index contributed by atoms with van der Waals surface area (Å²) in [6.45, 7) is 0. The molecule has 0 saturated heterocycles. The van der Waals surface area contributed by atoms with Gasteiger partial charge < -0.3 is 19.3 Å². The van der Waals surface area contributed by atoms with E-state index in [0.717, 1.165) is 113 Å². The first-order chi connectivity index (χ1) is 38.2. The summed E-state index contributed by atoms with van der Waals surface area (Å²) in [4.78, 5) is 4.71. The normalized spacial score (nSPS) is 13.7. The molecule has 2 aliphatic heterocycles. The number of benzene rings is 12. The van der Waals surface area contributed by atoms with Crippen LogP contribution in [-0.4, -0.2) is 0 Å². The van der Waals surface area contributed by atoms with Crippen LogP contribution in [0.2, 0.25) is 0 Å². The standard InChI is InChI=1S/C73H50N2O2/c1-5-19-51(20-6-1)55-35-39-59(40-36-55)74(61-29-17-27-57(47-61)53-23-9-3-10-24-53)63-44-46-71-68(49-63)73(65-31-13-15-33-69(65)76-71)66-32-14-16-34-70(66)77-72-50-64(43-45-67(72)73)75(60-41-37-56(38-42-60)52-21-7-2-8-22-52)62-30-18-28-58(48-62)54-25-11-4-12-26-54/h1-50H. The van der Waals surface area contributed by atoms with Gasteiger partial charge in [0.15, 0.2) is 0 Å². The third-order valence-corrected chi connectivity index (χ3v) is 15.2. The fourth-order valence-corrected chi connectivity index (χ4v) is 11.6. The molecule has 0 aromatic heterocycles. The predicted octanol–water partition coefficient (Wildman–Crippen LogP) is 19.9. The van der Waals surface area contributed by atoms with Gasteiger partial charge in [-0.1, -0.05) is 212 Å². The van der Waals surface area contributed by atoms with Gasteiger partial charge in [-0.15, -0.1) is 0 Å². The maximum atomic E-state index is 7.21. The number of nitrogens with zero attached hydrogens (tertiary/aromatic N) is 2. The van der Waals surface area contributed by atoms with Crippen molar-refractivity contribution >= 4 is 34.1 Å². The molecule has 0 aliphatic carbocycles. The molecule has 1 atom stereocenters. The van der Waals surface area contributed by atoms with Crippen molar-refractivity contribution in [2.24, 2.45) is 0 Å². The molecule has 14 rings (SSSR count).